The number of halogens is 2. The summed E-state index contributed by atoms with van der Waals surface area (Å²) in [5.74, 6) is -0.778. The van der Waals surface area contributed by atoms with Crippen LogP contribution in [-0.4, -0.2) is 43.7 Å². The number of oxazole rings is 1. The Kier molecular flexibility index (Phi) is 7.22. The fourth-order valence-corrected chi connectivity index (χ4v) is 4.61. The standard InChI is InChI=1S/C20H27F2N3O4S/c1-3-7-25(30(2,26)27)14-15-11-18(22)16(12-17(15)21)20(4-8-28-9-5-20)24-13-19-23-6-10-29-19/h6,10-12,24H,3-5,7-9,13-14H2,1-2H3. The highest BCUT2D eigenvalue weighted by molar-refractivity contribution is 7.88. The SMILES string of the molecule is CCCN(Cc1cc(F)c(C2(NCc3ncco3)CCOCC2)cc1F)S(C)(=O)=O. The third-order valence-electron chi connectivity index (χ3n) is 5.35. The summed E-state index contributed by atoms with van der Waals surface area (Å²) in [6.45, 7) is 2.91. The van der Waals surface area contributed by atoms with Gasteiger partial charge in [0.1, 0.15) is 17.9 Å². The molecular formula is C20H27F2N3O4S. The molecule has 1 saturated heterocycles. The lowest BCUT2D eigenvalue weighted by atomic mass is 9.81. The van der Waals surface area contributed by atoms with Crippen LogP contribution in [0.1, 0.15) is 43.2 Å². The first-order valence-corrected chi connectivity index (χ1v) is 11.7. The van der Waals surface area contributed by atoms with Crippen LogP contribution in [0.15, 0.2) is 29.0 Å². The number of hydrogen-bond donors (Lipinski definition) is 1. The number of nitrogens with one attached hydrogen (secondary N) is 1. The van der Waals surface area contributed by atoms with E-state index < -0.39 is 27.2 Å². The second kappa shape index (κ2) is 9.51. The van der Waals surface area contributed by atoms with Crippen LogP contribution in [0.25, 0.3) is 0 Å². The molecular weight excluding hydrogens is 416 g/mol. The minimum atomic E-state index is -3.53. The summed E-state index contributed by atoms with van der Waals surface area (Å²) < 4.78 is 65.9. The number of benzene rings is 1. The van der Waals surface area contributed by atoms with Crippen LogP contribution in [0.3, 0.4) is 0 Å². The number of sulfonamides is 1. The number of hydrogen-bond acceptors (Lipinski definition) is 6. The van der Waals surface area contributed by atoms with E-state index in [1.807, 2.05) is 6.92 Å². The van der Waals surface area contributed by atoms with Crippen LogP contribution < -0.4 is 5.32 Å². The predicted octanol–water partition coefficient (Wildman–Crippen LogP) is 2.92. The maximum atomic E-state index is 15.2. The molecule has 0 unspecified atom stereocenters. The normalized spacial score (nSPS) is 16.8. The van der Waals surface area contributed by atoms with Gasteiger partial charge in [0.05, 0.1) is 24.5 Å². The zero-order chi connectivity index (χ0) is 21.8. The molecule has 1 fully saturated rings. The van der Waals surface area contributed by atoms with Crippen LogP contribution in [0.5, 0.6) is 0 Å². The van der Waals surface area contributed by atoms with Crippen molar-refractivity contribution in [2.45, 2.75) is 44.8 Å². The summed E-state index contributed by atoms with van der Waals surface area (Å²) >= 11 is 0. The molecule has 0 spiro atoms. The summed E-state index contributed by atoms with van der Waals surface area (Å²) in [6.07, 6.45) is 5.51. The van der Waals surface area contributed by atoms with Crippen molar-refractivity contribution < 1.29 is 26.4 Å². The largest absolute Gasteiger partial charge is 0.448 e. The van der Waals surface area contributed by atoms with Gasteiger partial charge in [-0.1, -0.05) is 6.92 Å². The van der Waals surface area contributed by atoms with Crippen molar-refractivity contribution in [2.24, 2.45) is 0 Å². The highest BCUT2D eigenvalue weighted by Gasteiger charge is 2.37. The van der Waals surface area contributed by atoms with Gasteiger partial charge in [0.15, 0.2) is 0 Å². The van der Waals surface area contributed by atoms with Crippen molar-refractivity contribution in [1.82, 2.24) is 14.6 Å². The predicted molar refractivity (Wildman–Crippen MR) is 107 cm³/mol. The van der Waals surface area contributed by atoms with E-state index in [1.54, 1.807) is 0 Å². The lowest BCUT2D eigenvalue weighted by Crippen LogP contribution is -2.47. The number of aromatic nitrogens is 1. The summed E-state index contributed by atoms with van der Waals surface area (Å²) in [7, 11) is -3.53. The van der Waals surface area contributed by atoms with Gasteiger partial charge in [-0.3, -0.25) is 5.32 Å². The van der Waals surface area contributed by atoms with Crippen molar-refractivity contribution >= 4 is 10.0 Å². The van der Waals surface area contributed by atoms with Gasteiger partial charge in [-0.05, 0) is 31.4 Å². The van der Waals surface area contributed by atoms with Gasteiger partial charge in [0, 0.05) is 37.4 Å². The van der Waals surface area contributed by atoms with Gasteiger partial charge in [-0.25, -0.2) is 22.2 Å². The molecule has 3 rings (SSSR count). The van der Waals surface area contributed by atoms with E-state index in [9.17, 15) is 12.8 Å². The molecule has 0 bridgehead atoms. The van der Waals surface area contributed by atoms with E-state index in [-0.39, 0.29) is 30.8 Å². The molecule has 2 heterocycles. The maximum absolute atomic E-state index is 15.2. The Balaban J connectivity index is 1.90. The lowest BCUT2D eigenvalue weighted by Gasteiger charge is -2.39. The summed E-state index contributed by atoms with van der Waals surface area (Å²) in [4.78, 5) is 4.06. The van der Waals surface area contributed by atoms with Crippen LogP contribution in [-0.2, 0) is 33.4 Å². The Morgan fingerprint density at radius 1 is 1.23 bits per heavy atom. The average molecular weight is 444 g/mol. The maximum Gasteiger partial charge on any atom is 0.211 e. The van der Waals surface area contributed by atoms with Crippen molar-refractivity contribution in [3.63, 3.8) is 0 Å². The van der Waals surface area contributed by atoms with Crippen LogP contribution in [0.4, 0.5) is 8.78 Å². The Labute approximate surface area is 175 Å². The smallest absolute Gasteiger partial charge is 0.211 e. The second-order valence-electron chi connectivity index (χ2n) is 7.49. The first kappa shape index (κ1) is 22.8. The molecule has 0 aliphatic carbocycles. The zero-order valence-electron chi connectivity index (χ0n) is 17.2. The molecule has 0 saturated carbocycles. The van der Waals surface area contributed by atoms with Crippen molar-refractivity contribution in [2.75, 3.05) is 26.0 Å². The fraction of sp³-hybridized carbons (Fsp3) is 0.550. The first-order chi connectivity index (χ1) is 14.2. The minimum Gasteiger partial charge on any atom is -0.448 e. The van der Waals surface area contributed by atoms with Gasteiger partial charge in [-0.2, -0.15) is 4.31 Å². The Morgan fingerprint density at radius 3 is 2.57 bits per heavy atom. The molecule has 166 valence electrons. The van der Waals surface area contributed by atoms with Crippen LogP contribution >= 0.6 is 0 Å². The molecule has 10 heteroatoms. The molecule has 1 aliphatic rings. The van der Waals surface area contributed by atoms with Crippen molar-refractivity contribution in [3.8, 4) is 0 Å². The Morgan fingerprint density at radius 2 is 1.97 bits per heavy atom. The van der Waals surface area contributed by atoms with E-state index in [2.05, 4.69) is 10.3 Å². The van der Waals surface area contributed by atoms with Gasteiger partial charge < -0.3 is 9.15 Å². The third-order valence-corrected chi connectivity index (χ3v) is 6.60. The fourth-order valence-electron chi connectivity index (χ4n) is 3.72. The zero-order valence-corrected chi connectivity index (χ0v) is 18.0. The third kappa shape index (κ3) is 5.23. The molecule has 0 radical (unpaired) electrons. The first-order valence-electron chi connectivity index (χ1n) is 9.90. The molecule has 1 aliphatic heterocycles. The number of rotatable bonds is 9. The van der Waals surface area contributed by atoms with Gasteiger partial charge >= 0.3 is 0 Å². The molecule has 7 nitrogen and oxygen atoms in total. The van der Waals surface area contributed by atoms with E-state index in [1.165, 1.54) is 18.5 Å². The number of ether oxygens (including phenoxy) is 1. The van der Waals surface area contributed by atoms with E-state index >= 15 is 4.39 Å². The highest BCUT2D eigenvalue weighted by atomic mass is 32.2. The van der Waals surface area contributed by atoms with E-state index in [4.69, 9.17) is 9.15 Å². The monoisotopic (exact) mass is 443 g/mol. The molecule has 1 N–H and O–H groups in total. The molecule has 1 aromatic heterocycles. The van der Waals surface area contributed by atoms with Crippen molar-refractivity contribution in [3.05, 3.63) is 53.2 Å². The molecule has 0 atom stereocenters. The lowest BCUT2D eigenvalue weighted by molar-refractivity contribution is 0.0333. The second-order valence-corrected chi connectivity index (χ2v) is 9.48. The molecule has 30 heavy (non-hydrogen) atoms. The van der Waals surface area contributed by atoms with Gasteiger partial charge in [0.2, 0.25) is 15.9 Å². The van der Waals surface area contributed by atoms with Crippen molar-refractivity contribution in [1.29, 1.82) is 0 Å². The van der Waals surface area contributed by atoms with E-state index in [0.717, 1.165) is 16.6 Å². The van der Waals surface area contributed by atoms with Crippen LogP contribution in [0, 0.1) is 11.6 Å². The average Bonchev–Trinajstić information content (AvgIpc) is 3.22. The quantitative estimate of drug-likeness (QED) is 0.642. The number of nitrogens with zero attached hydrogens (tertiary/aromatic N) is 2. The summed E-state index contributed by atoms with van der Waals surface area (Å²) in [6, 6.07) is 2.27. The summed E-state index contributed by atoms with van der Waals surface area (Å²) in [5.41, 5.74) is -0.638. The Hall–Kier alpha value is -1.88. The highest BCUT2D eigenvalue weighted by Crippen LogP contribution is 2.35. The topological polar surface area (TPSA) is 84.7 Å². The Bertz CT molecular complexity index is 945. The molecule has 0 amide bonds. The van der Waals surface area contributed by atoms with Gasteiger partial charge in [-0.15, -0.1) is 0 Å². The van der Waals surface area contributed by atoms with Gasteiger partial charge in [0.25, 0.3) is 0 Å². The molecule has 1 aromatic carbocycles. The molecule has 2 aromatic rings. The summed E-state index contributed by atoms with van der Waals surface area (Å²) in [5, 5.41) is 3.28. The van der Waals surface area contributed by atoms with Crippen LogP contribution in [0.2, 0.25) is 0 Å². The van der Waals surface area contributed by atoms with E-state index in [0.29, 0.717) is 38.4 Å². The minimum absolute atomic E-state index is 0.00466.